The summed E-state index contributed by atoms with van der Waals surface area (Å²) in [5, 5.41) is 3.46. The number of hydrogen-bond donors (Lipinski definition) is 1. The minimum atomic E-state index is -1.60. The molecule has 0 saturated carbocycles. The summed E-state index contributed by atoms with van der Waals surface area (Å²) in [7, 11) is 0. The topological polar surface area (TPSA) is 64.0 Å². The van der Waals surface area contributed by atoms with Gasteiger partial charge in [0.05, 0.1) is 16.6 Å². The van der Waals surface area contributed by atoms with E-state index in [-0.39, 0.29) is 22.1 Å². The van der Waals surface area contributed by atoms with Gasteiger partial charge < -0.3 is 5.32 Å². The van der Waals surface area contributed by atoms with Crippen molar-refractivity contribution in [2.45, 2.75) is 43.7 Å². The highest BCUT2D eigenvalue weighted by atomic mass is 32.2. The van der Waals surface area contributed by atoms with Gasteiger partial charge in [0.2, 0.25) is 5.91 Å². The molecule has 9 heteroatoms. The van der Waals surface area contributed by atoms with E-state index < -0.39 is 23.0 Å². The van der Waals surface area contributed by atoms with Crippen molar-refractivity contribution in [3.63, 3.8) is 0 Å². The van der Waals surface area contributed by atoms with Crippen LogP contribution in [0.3, 0.4) is 0 Å². The van der Waals surface area contributed by atoms with Crippen LogP contribution in [0.1, 0.15) is 36.8 Å². The lowest BCUT2D eigenvalue weighted by molar-refractivity contribution is -0.116. The molecule has 1 N–H and O–H groups in total. The molecule has 1 aliphatic carbocycles. The Balaban J connectivity index is 1.26. The SMILES string of the molecule is O=C(CCCCSc1nc2ccccc2c(=O)n1-c1cc(F)c(F)c(F)c1)Nc1ccc2c(c1)CCC2. The van der Waals surface area contributed by atoms with E-state index >= 15 is 0 Å². The molecular formula is C28H24F3N3O2S. The molecule has 0 atom stereocenters. The van der Waals surface area contributed by atoms with E-state index in [9.17, 15) is 22.8 Å². The van der Waals surface area contributed by atoms with Crippen molar-refractivity contribution in [3.8, 4) is 5.69 Å². The highest BCUT2D eigenvalue weighted by molar-refractivity contribution is 7.99. The number of hydrogen-bond acceptors (Lipinski definition) is 4. The predicted molar refractivity (Wildman–Crippen MR) is 139 cm³/mol. The number of aryl methyl sites for hydroxylation is 2. The van der Waals surface area contributed by atoms with Gasteiger partial charge in [-0.1, -0.05) is 30.0 Å². The third-order valence-corrected chi connectivity index (χ3v) is 7.41. The van der Waals surface area contributed by atoms with Crippen molar-refractivity contribution < 1.29 is 18.0 Å². The lowest BCUT2D eigenvalue weighted by atomic mass is 10.1. The van der Waals surface area contributed by atoms with E-state index in [2.05, 4.69) is 16.4 Å². The van der Waals surface area contributed by atoms with Gasteiger partial charge in [0.15, 0.2) is 22.6 Å². The molecule has 37 heavy (non-hydrogen) atoms. The molecule has 1 heterocycles. The van der Waals surface area contributed by atoms with Crippen LogP contribution in [-0.2, 0) is 17.6 Å². The van der Waals surface area contributed by atoms with Crippen LogP contribution in [0, 0.1) is 17.5 Å². The summed E-state index contributed by atoms with van der Waals surface area (Å²) in [4.78, 5) is 30.1. The maximum atomic E-state index is 14.0. The van der Waals surface area contributed by atoms with Crippen LogP contribution in [0.5, 0.6) is 0 Å². The van der Waals surface area contributed by atoms with Crippen molar-refractivity contribution in [1.82, 2.24) is 9.55 Å². The zero-order chi connectivity index (χ0) is 25.9. The number of anilines is 1. The van der Waals surface area contributed by atoms with Gasteiger partial charge in [0, 0.05) is 30.0 Å². The number of nitrogens with zero attached hydrogens (tertiary/aromatic N) is 2. The summed E-state index contributed by atoms with van der Waals surface area (Å²) < 4.78 is 42.5. The van der Waals surface area contributed by atoms with Crippen LogP contribution in [0.4, 0.5) is 18.9 Å². The summed E-state index contributed by atoms with van der Waals surface area (Å²) in [5.41, 5.74) is 3.25. The van der Waals surface area contributed by atoms with Gasteiger partial charge >= 0.3 is 0 Å². The summed E-state index contributed by atoms with van der Waals surface area (Å²) in [6.07, 6.45) is 4.88. The molecule has 0 aliphatic heterocycles. The zero-order valence-corrected chi connectivity index (χ0v) is 20.7. The molecule has 1 aromatic heterocycles. The van der Waals surface area contributed by atoms with Gasteiger partial charge in [-0.05, 0) is 67.5 Å². The number of aromatic nitrogens is 2. The molecule has 5 nitrogen and oxygen atoms in total. The van der Waals surface area contributed by atoms with Gasteiger partial charge in [0.1, 0.15) is 0 Å². The average molecular weight is 524 g/mol. The van der Waals surface area contributed by atoms with E-state index in [0.29, 0.717) is 30.5 Å². The first kappa shape index (κ1) is 25.1. The van der Waals surface area contributed by atoms with E-state index in [4.69, 9.17) is 0 Å². The monoisotopic (exact) mass is 523 g/mol. The molecule has 0 spiro atoms. The van der Waals surface area contributed by atoms with Crippen molar-refractivity contribution in [2.75, 3.05) is 11.1 Å². The smallest absolute Gasteiger partial charge is 0.266 e. The van der Waals surface area contributed by atoms with Crippen LogP contribution in [-0.4, -0.2) is 21.2 Å². The van der Waals surface area contributed by atoms with Crippen molar-refractivity contribution in [1.29, 1.82) is 0 Å². The minimum absolute atomic E-state index is 0.0686. The quantitative estimate of drug-likeness (QED) is 0.129. The Kier molecular flexibility index (Phi) is 7.32. The fourth-order valence-electron chi connectivity index (χ4n) is 4.53. The largest absolute Gasteiger partial charge is 0.326 e. The molecule has 1 aliphatic rings. The number of halogens is 3. The average Bonchev–Trinajstić information content (AvgIpc) is 3.35. The van der Waals surface area contributed by atoms with Crippen LogP contribution >= 0.6 is 11.8 Å². The molecule has 3 aromatic carbocycles. The normalized spacial score (nSPS) is 12.6. The first-order chi connectivity index (χ1) is 17.9. The molecule has 4 aromatic rings. The first-order valence-electron chi connectivity index (χ1n) is 12.1. The molecule has 0 radical (unpaired) electrons. The lowest BCUT2D eigenvalue weighted by Gasteiger charge is -2.14. The maximum Gasteiger partial charge on any atom is 0.266 e. The van der Waals surface area contributed by atoms with E-state index in [1.165, 1.54) is 22.9 Å². The molecule has 0 bridgehead atoms. The first-order valence-corrected chi connectivity index (χ1v) is 13.1. The number of unbranched alkanes of at least 4 members (excludes halogenated alkanes) is 1. The Hall–Kier alpha value is -3.59. The third-order valence-electron chi connectivity index (χ3n) is 6.38. The second-order valence-electron chi connectivity index (χ2n) is 8.97. The van der Waals surface area contributed by atoms with Crippen LogP contribution in [0.2, 0.25) is 0 Å². The fourth-order valence-corrected chi connectivity index (χ4v) is 5.54. The second-order valence-corrected chi connectivity index (χ2v) is 10.0. The van der Waals surface area contributed by atoms with E-state index in [1.807, 2.05) is 12.1 Å². The van der Waals surface area contributed by atoms with Crippen molar-refractivity contribution in [2.24, 2.45) is 0 Å². The number of carbonyl (C=O) groups is 1. The number of para-hydroxylation sites is 1. The number of carbonyl (C=O) groups excluding carboxylic acids is 1. The van der Waals surface area contributed by atoms with Crippen LogP contribution in [0.25, 0.3) is 16.6 Å². The number of amides is 1. The number of nitrogens with one attached hydrogen (secondary N) is 1. The van der Waals surface area contributed by atoms with E-state index in [1.54, 1.807) is 24.3 Å². The molecule has 0 fully saturated rings. The Bertz CT molecular complexity index is 1530. The highest BCUT2D eigenvalue weighted by Crippen LogP contribution is 2.26. The third kappa shape index (κ3) is 5.41. The van der Waals surface area contributed by atoms with Crippen molar-refractivity contribution in [3.05, 3.63) is 93.5 Å². The standard InChI is InChI=1S/C28H24F3N3O2S/c29-22-15-20(16-23(30)26(22)31)34-27(36)21-8-1-2-9-24(21)33-28(34)37-13-4-3-10-25(35)32-19-12-11-17-6-5-7-18(17)14-19/h1-2,8-9,11-12,14-16H,3-7,10,13H2,(H,32,35). The Morgan fingerprint density at radius 3 is 2.54 bits per heavy atom. The number of thioether (sulfide) groups is 1. The second kappa shape index (κ2) is 10.8. The number of benzene rings is 3. The van der Waals surface area contributed by atoms with E-state index in [0.717, 1.165) is 41.6 Å². The molecule has 5 rings (SSSR count). The summed E-state index contributed by atoms with van der Waals surface area (Å²) in [6, 6.07) is 14.3. The van der Waals surface area contributed by atoms with Gasteiger partial charge in [0.25, 0.3) is 5.56 Å². The van der Waals surface area contributed by atoms with Crippen molar-refractivity contribution >= 4 is 34.3 Å². The van der Waals surface area contributed by atoms with Gasteiger partial charge in [-0.3, -0.25) is 14.2 Å². The predicted octanol–water partition coefficient (Wildman–Crippen LogP) is 6.19. The van der Waals surface area contributed by atoms with Crippen LogP contribution < -0.4 is 10.9 Å². The minimum Gasteiger partial charge on any atom is -0.326 e. The van der Waals surface area contributed by atoms with Gasteiger partial charge in [-0.25, -0.2) is 18.2 Å². The number of rotatable bonds is 8. The summed E-state index contributed by atoms with van der Waals surface area (Å²) in [5.74, 6) is -3.93. The fraction of sp³-hybridized carbons (Fsp3) is 0.250. The zero-order valence-electron chi connectivity index (χ0n) is 19.9. The molecular weight excluding hydrogens is 499 g/mol. The van der Waals surface area contributed by atoms with Gasteiger partial charge in [-0.2, -0.15) is 0 Å². The molecule has 1 amide bonds. The van der Waals surface area contributed by atoms with Crippen LogP contribution in [0.15, 0.2) is 64.5 Å². The number of fused-ring (bicyclic) bond motifs is 2. The lowest BCUT2D eigenvalue weighted by Crippen LogP contribution is -2.22. The highest BCUT2D eigenvalue weighted by Gasteiger charge is 2.18. The molecule has 0 unspecified atom stereocenters. The Labute approximate surface area is 215 Å². The summed E-state index contributed by atoms with van der Waals surface area (Å²) >= 11 is 1.24. The Morgan fingerprint density at radius 1 is 0.973 bits per heavy atom. The molecule has 0 saturated heterocycles. The maximum absolute atomic E-state index is 14.0. The molecule has 190 valence electrons. The summed E-state index contributed by atoms with van der Waals surface area (Å²) in [6.45, 7) is 0. The van der Waals surface area contributed by atoms with Gasteiger partial charge in [-0.15, -0.1) is 0 Å². The Morgan fingerprint density at radius 2 is 1.73 bits per heavy atom.